The fourth-order valence-electron chi connectivity index (χ4n) is 2.08. The molecular formula is C16H16Cl2FNO. The zero-order valence-electron chi connectivity index (χ0n) is 11.6. The van der Waals surface area contributed by atoms with E-state index >= 15 is 0 Å². The van der Waals surface area contributed by atoms with Crippen molar-refractivity contribution in [1.82, 2.24) is 5.32 Å². The molecule has 0 aromatic heterocycles. The minimum Gasteiger partial charge on any atom is -0.495 e. The predicted octanol–water partition coefficient (Wildman–Crippen LogP) is 4.47. The van der Waals surface area contributed by atoms with E-state index in [4.69, 9.17) is 27.9 Å². The monoisotopic (exact) mass is 327 g/mol. The minimum atomic E-state index is -0.218. The molecule has 2 aromatic rings. The van der Waals surface area contributed by atoms with Crippen molar-refractivity contribution in [1.29, 1.82) is 0 Å². The third-order valence-corrected chi connectivity index (χ3v) is 3.61. The van der Waals surface area contributed by atoms with Gasteiger partial charge in [-0.1, -0.05) is 35.3 Å². The summed E-state index contributed by atoms with van der Waals surface area (Å²) < 4.78 is 18.1. The smallest absolute Gasteiger partial charge is 0.142 e. The van der Waals surface area contributed by atoms with Crippen molar-refractivity contribution in [2.45, 2.75) is 13.0 Å². The second-order valence-corrected chi connectivity index (χ2v) is 5.48. The number of methoxy groups -OCH3 is 1. The highest BCUT2D eigenvalue weighted by Crippen LogP contribution is 2.32. The first-order valence-electron chi connectivity index (χ1n) is 6.57. The number of hydrogen-bond donors (Lipinski definition) is 1. The van der Waals surface area contributed by atoms with Crippen LogP contribution in [-0.2, 0) is 13.0 Å². The standard InChI is InChI=1S/C16H16Cl2FNO/c1-21-16-12(8-13(17)9-15(16)18)10-20-7-6-11-2-4-14(19)5-3-11/h2-5,8-9,20H,6-7,10H2,1H3. The van der Waals surface area contributed by atoms with E-state index in [-0.39, 0.29) is 5.82 Å². The van der Waals surface area contributed by atoms with Crippen molar-refractivity contribution in [2.24, 2.45) is 0 Å². The normalized spacial score (nSPS) is 10.7. The van der Waals surface area contributed by atoms with Gasteiger partial charge in [0.05, 0.1) is 12.1 Å². The second kappa shape index (κ2) is 7.64. The van der Waals surface area contributed by atoms with Gasteiger partial charge in [0, 0.05) is 17.1 Å². The van der Waals surface area contributed by atoms with Crippen molar-refractivity contribution >= 4 is 23.2 Å². The zero-order chi connectivity index (χ0) is 15.2. The molecule has 2 aromatic carbocycles. The van der Waals surface area contributed by atoms with E-state index in [1.54, 1.807) is 25.3 Å². The Morgan fingerprint density at radius 1 is 1.14 bits per heavy atom. The molecule has 0 aliphatic rings. The molecular weight excluding hydrogens is 312 g/mol. The molecule has 2 rings (SSSR count). The fourth-order valence-corrected chi connectivity index (χ4v) is 2.69. The van der Waals surface area contributed by atoms with E-state index in [1.165, 1.54) is 12.1 Å². The Bertz CT molecular complexity index is 602. The van der Waals surface area contributed by atoms with E-state index < -0.39 is 0 Å². The lowest BCUT2D eigenvalue weighted by Crippen LogP contribution is -2.17. The van der Waals surface area contributed by atoms with Crippen LogP contribution in [0.25, 0.3) is 0 Å². The molecule has 0 heterocycles. The third-order valence-electron chi connectivity index (χ3n) is 3.11. The summed E-state index contributed by atoms with van der Waals surface area (Å²) in [7, 11) is 1.58. The quantitative estimate of drug-likeness (QED) is 0.790. The van der Waals surface area contributed by atoms with E-state index in [1.807, 2.05) is 6.07 Å². The SMILES string of the molecule is COc1c(Cl)cc(Cl)cc1CNCCc1ccc(F)cc1. The Morgan fingerprint density at radius 2 is 1.86 bits per heavy atom. The summed E-state index contributed by atoms with van der Waals surface area (Å²) in [5, 5.41) is 4.38. The lowest BCUT2D eigenvalue weighted by atomic mass is 10.1. The highest BCUT2D eigenvalue weighted by Gasteiger charge is 2.09. The summed E-state index contributed by atoms with van der Waals surface area (Å²) in [5.74, 6) is 0.417. The predicted molar refractivity (Wildman–Crippen MR) is 84.8 cm³/mol. The van der Waals surface area contributed by atoms with Crippen LogP contribution in [0.1, 0.15) is 11.1 Å². The Kier molecular flexibility index (Phi) is 5.85. The van der Waals surface area contributed by atoms with Crippen molar-refractivity contribution in [2.75, 3.05) is 13.7 Å². The van der Waals surface area contributed by atoms with Gasteiger partial charge in [-0.25, -0.2) is 4.39 Å². The van der Waals surface area contributed by atoms with E-state index in [9.17, 15) is 4.39 Å². The molecule has 0 saturated heterocycles. The van der Waals surface area contributed by atoms with Crippen LogP contribution in [0.4, 0.5) is 4.39 Å². The Hall–Kier alpha value is -1.29. The Balaban J connectivity index is 1.90. The first-order valence-corrected chi connectivity index (χ1v) is 7.33. The zero-order valence-corrected chi connectivity index (χ0v) is 13.1. The summed E-state index contributed by atoms with van der Waals surface area (Å²) in [4.78, 5) is 0. The fraction of sp³-hybridized carbons (Fsp3) is 0.250. The van der Waals surface area contributed by atoms with Gasteiger partial charge in [0.25, 0.3) is 0 Å². The maximum absolute atomic E-state index is 12.8. The van der Waals surface area contributed by atoms with Gasteiger partial charge in [0.1, 0.15) is 11.6 Å². The Labute approximate surface area is 133 Å². The number of nitrogens with one attached hydrogen (secondary N) is 1. The van der Waals surface area contributed by atoms with Gasteiger partial charge in [-0.2, -0.15) is 0 Å². The molecule has 0 saturated carbocycles. The van der Waals surface area contributed by atoms with Gasteiger partial charge in [-0.15, -0.1) is 0 Å². The lowest BCUT2D eigenvalue weighted by Gasteiger charge is -2.12. The summed E-state index contributed by atoms with van der Waals surface area (Å²) in [5.41, 5.74) is 1.99. The van der Waals surface area contributed by atoms with Crippen molar-refractivity contribution in [3.8, 4) is 5.75 Å². The van der Waals surface area contributed by atoms with Gasteiger partial charge >= 0.3 is 0 Å². The lowest BCUT2D eigenvalue weighted by molar-refractivity contribution is 0.408. The molecule has 0 fully saturated rings. The molecule has 0 radical (unpaired) electrons. The van der Waals surface area contributed by atoms with Crippen molar-refractivity contribution < 1.29 is 9.13 Å². The molecule has 112 valence electrons. The van der Waals surface area contributed by atoms with Crippen LogP contribution in [-0.4, -0.2) is 13.7 Å². The van der Waals surface area contributed by atoms with Gasteiger partial charge in [-0.05, 0) is 42.8 Å². The van der Waals surface area contributed by atoms with Crippen LogP contribution in [0, 0.1) is 5.82 Å². The molecule has 0 aliphatic heterocycles. The first-order chi connectivity index (χ1) is 10.1. The number of hydrogen-bond acceptors (Lipinski definition) is 2. The molecule has 0 aliphatic carbocycles. The molecule has 0 atom stereocenters. The van der Waals surface area contributed by atoms with Crippen LogP contribution >= 0.6 is 23.2 Å². The van der Waals surface area contributed by atoms with Gasteiger partial charge in [-0.3, -0.25) is 0 Å². The molecule has 0 bridgehead atoms. The molecule has 1 N–H and O–H groups in total. The van der Waals surface area contributed by atoms with E-state index in [2.05, 4.69) is 5.32 Å². The Morgan fingerprint density at radius 3 is 2.52 bits per heavy atom. The number of benzene rings is 2. The first kappa shape index (κ1) is 16.1. The average Bonchev–Trinajstić information content (AvgIpc) is 2.45. The second-order valence-electron chi connectivity index (χ2n) is 4.63. The van der Waals surface area contributed by atoms with Crippen LogP contribution in [0.15, 0.2) is 36.4 Å². The molecule has 5 heteroatoms. The molecule has 2 nitrogen and oxygen atoms in total. The van der Waals surface area contributed by atoms with Crippen LogP contribution in [0.5, 0.6) is 5.75 Å². The van der Waals surface area contributed by atoms with Crippen LogP contribution in [0.3, 0.4) is 0 Å². The number of ether oxygens (including phenoxy) is 1. The molecule has 0 spiro atoms. The molecule has 21 heavy (non-hydrogen) atoms. The van der Waals surface area contributed by atoms with Crippen LogP contribution < -0.4 is 10.1 Å². The van der Waals surface area contributed by atoms with Gasteiger partial charge < -0.3 is 10.1 Å². The maximum atomic E-state index is 12.8. The summed E-state index contributed by atoms with van der Waals surface area (Å²) >= 11 is 12.1. The third kappa shape index (κ3) is 4.60. The van der Waals surface area contributed by atoms with Crippen molar-refractivity contribution in [3.05, 3.63) is 63.4 Å². The van der Waals surface area contributed by atoms with Crippen molar-refractivity contribution in [3.63, 3.8) is 0 Å². The van der Waals surface area contributed by atoms with Crippen LogP contribution in [0.2, 0.25) is 10.0 Å². The largest absolute Gasteiger partial charge is 0.495 e. The van der Waals surface area contributed by atoms with E-state index in [0.717, 1.165) is 24.1 Å². The van der Waals surface area contributed by atoms with Gasteiger partial charge in [0.2, 0.25) is 0 Å². The topological polar surface area (TPSA) is 21.3 Å². The molecule has 0 unspecified atom stereocenters. The number of rotatable bonds is 6. The van der Waals surface area contributed by atoms with Gasteiger partial charge in [0.15, 0.2) is 0 Å². The maximum Gasteiger partial charge on any atom is 0.142 e. The van der Waals surface area contributed by atoms with E-state index in [0.29, 0.717) is 22.3 Å². The summed E-state index contributed by atoms with van der Waals surface area (Å²) in [6.45, 7) is 1.36. The molecule has 0 amide bonds. The summed E-state index contributed by atoms with van der Waals surface area (Å²) in [6.07, 6.45) is 0.816. The minimum absolute atomic E-state index is 0.218. The highest BCUT2D eigenvalue weighted by molar-refractivity contribution is 6.35. The summed E-state index contributed by atoms with van der Waals surface area (Å²) in [6, 6.07) is 9.99. The highest BCUT2D eigenvalue weighted by atomic mass is 35.5. The number of halogens is 3. The average molecular weight is 328 g/mol.